The maximum absolute atomic E-state index is 12.7. The van der Waals surface area contributed by atoms with Crippen LogP contribution in [0.4, 0.5) is 11.4 Å². The molecule has 40 heteroatoms. The van der Waals surface area contributed by atoms with Crippen molar-refractivity contribution in [1.29, 1.82) is 0 Å². The van der Waals surface area contributed by atoms with Crippen molar-refractivity contribution in [2.24, 2.45) is 4.99 Å². The number of fused-ring (bicyclic) bond motifs is 6. The standard InChI is InChI=1S/C31H36N2O5S.C28H30N2O2.C3H6O3S.CH4.6O3S/c1-6-9-28(34)25-18-23(19-26(32-25)29(35)10-7-2)21-11-13-24-22(17-21)12-14-27-30(24)31(4,5)20(3)33(27)15-8-16-39(36,37)38;1-6-8-25(31)23-15-20(16-24(30-23)26(32)9-7-2)18-10-12-21-19(14-18)11-13-22-27(21)28(4,5)17(3)29-22;4-7(5)3-1-2-6-7;;6*1-4(2)3/h11-14,17-19H,6-10,15-16H2,1-5H3;10-16H,6-9H2,1-5H3;1-3H2;1H4;;;;;;. The number of carbonyl (C=O) groups excluding carboxylic acids is 4. The van der Waals surface area contributed by atoms with E-state index in [4.69, 9.17) is 80.8 Å². The van der Waals surface area contributed by atoms with Crippen LogP contribution in [-0.2, 0) is 98.9 Å². The van der Waals surface area contributed by atoms with Crippen LogP contribution in [0.5, 0.6) is 0 Å². The Morgan fingerprint density at radius 3 is 1.15 bits per heavy atom. The fraction of sp³-hybridized carbons (Fsp3) is 0.429. The summed E-state index contributed by atoms with van der Waals surface area (Å²) in [6.45, 7) is 21.5. The topological polar surface area (TPSA) is 517 Å². The smallest absolute Gasteiger partial charge is 0.425 e. The average Bonchev–Trinajstić information content (AvgIpc) is 1.60. The maximum atomic E-state index is 12.7. The van der Waals surface area contributed by atoms with E-state index in [1.807, 2.05) is 65.0 Å². The van der Waals surface area contributed by atoms with E-state index in [1.165, 1.54) is 10.9 Å². The van der Waals surface area contributed by atoms with Crippen molar-refractivity contribution in [1.82, 2.24) is 9.97 Å². The molecule has 0 aliphatic carbocycles. The lowest BCUT2D eigenvalue weighted by Gasteiger charge is -2.22. The third-order valence-corrected chi connectivity index (χ3v) is 17.1. The summed E-state index contributed by atoms with van der Waals surface area (Å²) in [5.74, 6) is -0.364. The number of aliphatic imine (C=N–C) groups is 1. The summed E-state index contributed by atoms with van der Waals surface area (Å²) in [7, 11) is -26.0. The van der Waals surface area contributed by atoms with Gasteiger partial charge in [0, 0.05) is 67.5 Å². The lowest BCUT2D eigenvalue weighted by atomic mass is 9.79. The Hall–Kier alpha value is -8.74. The van der Waals surface area contributed by atoms with Crippen molar-refractivity contribution in [2.45, 2.75) is 152 Å². The summed E-state index contributed by atoms with van der Waals surface area (Å²) < 4.78 is 212. The Balaban J connectivity index is 0.00000143. The van der Waals surface area contributed by atoms with Crippen molar-refractivity contribution < 1.29 is 125 Å². The van der Waals surface area contributed by atoms with Gasteiger partial charge in [-0.1, -0.05) is 79.3 Å². The Labute approximate surface area is 604 Å². The van der Waals surface area contributed by atoms with Crippen molar-refractivity contribution in [2.75, 3.05) is 24.7 Å². The molecule has 5 heterocycles. The lowest BCUT2D eigenvalue weighted by Crippen LogP contribution is -2.27. The number of Topliss-reactive ketones (excluding diaryl/α,β-unsaturated/α-hetero) is 4. The normalized spacial score (nSPS) is 13.3. The number of ketones is 4. The Bertz CT molecular complexity index is 4840. The van der Waals surface area contributed by atoms with Gasteiger partial charge in [0.25, 0.3) is 10.1 Å². The number of carbonyl (C=O) groups is 4. The first-order valence-corrected chi connectivity index (χ1v) is 39.3. The van der Waals surface area contributed by atoms with Crippen molar-refractivity contribution in [3.63, 3.8) is 0 Å². The molecule has 0 saturated carbocycles. The molecule has 3 aliphatic rings. The van der Waals surface area contributed by atoms with E-state index < -0.39 is 83.9 Å². The fourth-order valence-corrected chi connectivity index (χ4v) is 11.8. The van der Waals surface area contributed by atoms with Crippen LogP contribution in [0, 0.1) is 0 Å². The molecule has 0 amide bonds. The molecule has 9 rings (SSSR count). The van der Waals surface area contributed by atoms with Crippen LogP contribution in [-0.4, -0.2) is 171 Å². The van der Waals surface area contributed by atoms with Gasteiger partial charge >= 0.3 is 63.7 Å². The van der Waals surface area contributed by atoms with Crippen LogP contribution >= 0.6 is 0 Å². The molecule has 0 unspecified atom stereocenters. The van der Waals surface area contributed by atoms with Crippen molar-refractivity contribution in [3.8, 4) is 22.3 Å². The summed E-state index contributed by atoms with van der Waals surface area (Å²) in [6.07, 6.45) is 5.45. The van der Waals surface area contributed by atoms with E-state index in [9.17, 15) is 40.6 Å². The van der Waals surface area contributed by atoms with Gasteiger partial charge in [-0.3, -0.25) is 28.4 Å². The molecular weight excluding hydrogens is 1520 g/mol. The van der Waals surface area contributed by atoms with Gasteiger partial charge in [0.15, 0.2) is 28.8 Å². The molecule has 0 radical (unpaired) electrons. The molecule has 0 atom stereocenters. The van der Waals surface area contributed by atoms with E-state index in [1.54, 1.807) is 12.1 Å². The lowest BCUT2D eigenvalue weighted by molar-refractivity contribution is -0.438. The minimum atomic E-state index is -4.26. The third-order valence-electron chi connectivity index (χ3n) is 15.0. The van der Waals surface area contributed by atoms with Crippen LogP contribution in [0.3, 0.4) is 0 Å². The monoisotopic (exact) mass is 1590 g/mol. The quantitative estimate of drug-likeness (QED) is 0.0342. The molecule has 1 fully saturated rings. The van der Waals surface area contributed by atoms with Gasteiger partial charge in [-0.05, 0) is 151 Å². The number of pyridine rings is 2. The number of rotatable bonds is 18. The number of aromatic nitrogens is 2. The minimum Gasteiger partial charge on any atom is -0.748 e. The maximum Gasteiger partial charge on any atom is 0.425 e. The summed E-state index contributed by atoms with van der Waals surface area (Å²) in [5.41, 5.74) is 11.2. The van der Waals surface area contributed by atoms with E-state index in [2.05, 4.69) is 95.8 Å². The van der Waals surface area contributed by atoms with E-state index in [-0.39, 0.29) is 59.3 Å². The first kappa shape index (κ1) is 94.3. The van der Waals surface area contributed by atoms with Gasteiger partial charge in [0.1, 0.15) is 29.3 Å². The molecule has 564 valence electrons. The summed E-state index contributed by atoms with van der Waals surface area (Å²) >= 11 is 0. The van der Waals surface area contributed by atoms with Crippen molar-refractivity contribution >= 4 is 151 Å². The third kappa shape index (κ3) is 32.2. The predicted octanol–water partition coefficient (Wildman–Crippen LogP) is 7.80. The van der Waals surface area contributed by atoms with Crippen LogP contribution in [0.2, 0.25) is 0 Å². The van der Waals surface area contributed by atoms with E-state index >= 15 is 0 Å². The van der Waals surface area contributed by atoms with Gasteiger partial charge in [0.05, 0.1) is 33.6 Å². The second kappa shape index (κ2) is 44.0. The predicted molar refractivity (Wildman–Crippen MR) is 374 cm³/mol. The fourth-order valence-electron chi connectivity index (χ4n) is 10.4. The molecule has 2 aromatic heterocycles. The summed E-state index contributed by atoms with van der Waals surface area (Å²) in [4.78, 5) is 64.3. The molecular formula is C63H76N4O28S8. The van der Waals surface area contributed by atoms with Crippen molar-refractivity contribution in [3.05, 3.63) is 119 Å². The molecule has 3 aliphatic heterocycles. The van der Waals surface area contributed by atoms with E-state index in [0.717, 1.165) is 79.6 Å². The minimum absolute atomic E-state index is 0. The van der Waals surface area contributed by atoms with Crippen LogP contribution in [0.15, 0.2) is 89.9 Å². The number of hydrogen-bond acceptors (Lipinski definition) is 31. The van der Waals surface area contributed by atoms with E-state index in [0.29, 0.717) is 80.9 Å². The van der Waals surface area contributed by atoms with Gasteiger partial charge < -0.3 is 4.55 Å². The van der Waals surface area contributed by atoms with Gasteiger partial charge in [-0.25, -0.2) is 18.4 Å². The number of nitrogens with zero attached hydrogens (tertiary/aromatic N) is 4. The van der Waals surface area contributed by atoms with Crippen LogP contribution in [0.25, 0.3) is 43.8 Å². The average molecular weight is 1590 g/mol. The highest BCUT2D eigenvalue weighted by molar-refractivity contribution is 7.87. The zero-order chi connectivity index (χ0) is 78.4. The molecule has 1 saturated heterocycles. The SMILES string of the molecule is C.CCCC(=O)c1cc(-c2ccc3c4c(ccc3c2)N=C(C)C4(C)C)cc(C(=O)CCC)n1.CCCC(=O)c1cc(-c2ccc3c4c(ccc3c2)[N+](CCCS(=O)(=O)[O-])=C(C)C4(C)C)cc(C(=O)CCC)n1.O=S(=O)=O.O=S(=O)=O.O=S(=O)=O.O=S(=O)=O.O=S(=O)=O.O=S(=O)=O.O=S1(=O)CCCO1. The second-order valence-corrected chi connectivity index (χ2v) is 28.4. The highest BCUT2D eigenvalue weighted by Crippen LogP contribution is 2.46. The van der Waals surface area contributed by atoms with Gasteiger partial charge in [-0.2, -0.15) is 13.0 Å². The zero-order valence-corrected chi connectivity index (χ0v) is 63.0. The van der Waals surface area contributed by atoms with Crippen LogP contribution < -0.4 is 0 Å². The molecule has 0 N–H and O–H groups in total. The highest BCUT2D eigenvalue weighted by Gasteiger charge is 2.44. The molecule has 103 heavy (non-hydrogen) atoms. The molecule has 0 spiro atoms. The second-order valence-electron chi connectivity index (χ2n) is 22.7. The van der Waals surface area contributed by atoms with Gasteiger partial charge in [0.2, 0.25) is 5.69 Å². The number of benzene rings is 4. The summed E-state index contributed by atoms with van der Waals surface area (Å²) in [5, 5.41) is 4.42. The molecule has 32 nitrogen and oxygen atoms in total. The molecule has 6 aromatic rings. The Morgan fingerprint density at radius 2 is 0.845 bits per heavy atom. The largest absolute Gasteiger partial charge is 0.748 e. The summed E-state index contributed by atoms with van der Waals surface area (Å²) in [6, 6.07) is 28.0. The first-order valence-electron chi connectivity index (χ1n) is 30.1. The zero-order valence-electron chi connectivity index (χ0n) is 56.5. The molecule has 4 aromatic carbocycles. The van der Waals surface area contributed by atoms with Crippen LogP contribution in [0.1, 0.15) is 194 Å². The first-order chi connectivity index (χ1) is 47.2. The highest BCUT2D eigenvalue weighted by atomic mass is 32.2. The van der Waals surface area contributed by atoms with Gasteiger partial charge in [-0.15, -0.1) is 75.8 Å². The Morgan fingerprint density at radius 1 is 0.505 bits per heavy atom. The Kier molecular flexibility index (Phi) is 40.3. The number of hydrogen-bond donors (Lipinski definition) is 0. The molecule has 0 bridgehead atoms.